The van der Waals surface area contributed by atoms with Gasteiger partial charge >= 0.3 is 0 Å². The molecule has 0 radical (unpaired) electrons. The number of benzene rings is 1. The van der Waals surface area contributed by atoms with Crippen LogP contribution in [0.4, 0.5) is 0 Å². The lowest BCUT2D eigenvalue weighted by atomic mass is 10.0. The quantitative estimate of drug-likeness (QED) is 0.440. The van der Waals surface area contributed by atoms with Gasteiger partial charge in [-0.2, -0.15) is 0 Å². The van der Waals surface area contributed by atoms with Crippen LogP contribution in [0.25, 0.3) is 21.9 Å². The minimum atomic E-state index is 0.258. The Morgan fingerprint density at radius 2 is 2.22 bits per heavy atom. The lowest BCUT2D eigenvalue weighted by molar-refractivity contribution is 0.00631. The average Bonchev–Trinajstić information content (AvgIpc) is 3.29. The van der Waals surface area contributed by atoms with Crippen molar-refractivity contribution in [1.82, 2.24) is 19.5 Å². The van der Waals surface area contributed by atoms with Gasteiger partial charge in [0.05, 0.1) is 34.5 Å². The van der Waals surface area contributed by atoms with Crippen molar-refractivity contribution in [2.45, 2.75) is 38.3 Å². The number of imidazole rings is 1. The molecule has 5 nitrogen and oxygen atoms in total. The minimum Gasteiger partial charge on any atom is -0.378 e. The topological polar surface area (TPSA) is 52.8 Å². The summed E-state index contributed by atoms with van der Waals surface area (Å²) in [5.74, 6) is 1.06. The average molecular weight is 443 g/mol. The molecular formula is C20H19BrN4OS. The summed E-state index contributed by atoms with van der Waals surface area (Å²) in [5.41, 5.74) is 6.06. The van der Waals surface area contributed by atoms with Crippen molar-refractivity contribution < 1.29 is 4.74 Å². The SMILES string of the molecule is CC1CC(n2c(Cc3cscn3)nc3cnc4ccc(Br)cc4c32)CCO1. The third-order valence-electron chi connectivity index (χ3n) is 5.20. The van der Waals surface area contributed by atoms with E-state index in [9.17, 15) is 0 Å². The summed E-state index contributed by atoms with van der Waals surface area (Å²) >= 11 is 5.24. The van der Waals surface area contributed by atoms with Crippen LogP contribution in [-0.4, -0.2) is 32.2 Å². The lowest BCUT2D eigenvalue weighted by Gasteiger charge is -2.30. The van der Waals surface area contributed by atoms with Gasteiger partial charge in [0.25, 0.3) is 0 Å². The third kappa shape index (κ3) is 3.17. The largest absolute Gasteiger partial charge is 0.378 e. The summed E-state index contributed by atoms with van der Waals surface area (Å²) in [4.78, 5) is 14.1. The predicted molar refractivity (Wildman–Crippen MR) is 111 cm³/mol. The molecule has 1 fully saturated rings. The summed E-state index contributed by atoms with van der Waals surface area (Å²) in [7, 11) is 0. The van der Waals surface area contributed by atoms with Crippen molar-refractivity contribution in [2.75, 3.05) is 6.61 Å². The van der Waals surface area contributed by atoms with E-state index in [4.69, 9.17) is 9.72 Å². The predicted octanol–water partition coefficient (Wildman–Crippen LogP) is 5.13. The van der Waals surface area contributed by atoms with E-state index in [0.29, 0.717) is 6.04 Å². The highest BCUT2D eigenvalue weighted by molar-refractivity contribution is 9.10. The maximum atomic E-state index is 5.81. The Balaban J connectivity index is 1.76. The van der Waals surface area contributed by atoms with E-state index >= 15 is 0 Å². The highest BCUT2D eigenvalue weighted by atomic mass is 79.9. The Morgan fingerprint density at radius 3 is 3.04 bits per heavy atom. The smallest absolute Gasteiger partial charge is 0.116 e. The molecule has 0 spiro atoms. The Labute approximate surface area is 169 Å². The van der Waals surface area contributed by atoms with Crippen molar-refractivity contribution >= 4 is 49.2 Å². The Bertz CT molecular complexity index is 1110. The van der Waals surface area contributed by atoms with Gasteiger partial charge in [-0.15, -0.1) is 11.3 Å². The maximum Gasteiger partial charge on any atom is 0.116 e. The van der Waals surface area contributed by atoms with Gasteiger partial charge in [-0.25, -0.2) is 9.97 Å². The van der Waals surface area contributed by atoms with E-state index in [1.165, 1.54) is 5.52 Å². The number of fused-ring (bicyclic) bond motifs is 3. The number of aromatic nitrogens is 4. The number of halogens is 1. The van der Waals surface area contributed by atoms with Gasteiger partial charge in [-0.05, 0) is 38.0 Å². The molecular weight excluding hydrogens is 424 g/mol. The van der Waals surface area contributed by atoms with Gasteiger partial charge < -0.3 is 9.30 Å². The lowest BCUT2D eigenvalue weighted by Crippen LogP contribution is -2.26. The van der Waals surface area contributed by atoms with E-state index in [0.717, 1.165) is 58.3 Å². The molecule has 0 amide bonds. The molecule has 1 aliphatic rings. The highest BCUT2D eigenvalue weighted by Crippen LogP contribution is 2.34. The minimum absolute atomic E-state index is 0.258. The van der Waals surface area contributed by atoms with E-state index in [1.54, 1.807) is 11.3 Å². The van der Waals surface area contributed by atoms with E-state index in [-0.39, 0.29) is 6.10 Å². The van der Waals surface area contributed by atoms with Gasteiger partial charge in [-0.1, -0.05) is 15.9 Å². The molecule has 0 saturated carbocycles. The summed E-state index contributed by atoms with van der Waals surface area (Å²) in [6, 6.07) is 6.62. The zero-order valence-electron chi connectivity index (χ0n) is 14.9. The fraction of sp³-hybridized carbons (Fsp3) is 0.350. The normalized spacial score (nSPS) is 20.5. The number of thiazole rings is 1. The zero-order valence-corrected chi connectivity index (χ0v) is 17.3. The first-order valence-electron chi connectivity index (χ1n) is 9.13. The summed E-state index contributed by atoms with van der Waals surface area (Å²) < 4.78 is 9.30. The molecule has 0 N–H and O–H groups in total. The van der Waals surface area contributed by atoms with Gasteiger partial charge in [0.15, 0.2) is 0 Å². The number of hydrogen-bond donors (Lipinski definition) is 0. The van der Waals surface area contributed by atoms with Gasteiger partial charge in [0.2, 0.25) is 0 Å². The molecule has 0 bridgehead atoms. The van der Waals surface area contributed by atoms with Crippen LogP contribution in [-0.2, 0) is 11.2 Å². The first-order chi connectivity index (χ1) is 13.2. The summed E-state index contributed by atoms with van der Waals surface area (Å²) in [6.07, 6.45) is 4.88. The second kappa shape index (κ2) is 6.96. The first kappa shape index (κ1) is 17.3. The number of ether oxygens (including phenoxy) is 1. The van der Waals surface area contributed by atoms with Crippen LogP contribution in [0.3, 0.4) is 0 Å². The molecule has 0 aliphatic carbocycles. The molecule has 5 rings (SSSR count). The molecule has 4 aromatic rings. The Kier molecular flexibility index (Phi) is 4.46. The molecule has 1 aromatic carbocycles. The summed E-state index contributed by atoms with van der Waals surface area (Å²) in [6.45, 7) is 2.94. The fourth-order valence-electron chi connectivity index (χ4n) is 4.01. The van der Waals surface area contributed by atoms with Crippen LogP contribution in [0.15, 0.2) is 39.8 Å². The molecule has 1 saturated heterocycles. The van der Waals surface area contributed by atoms with E-state index in [1.807, 2.05) is 17.8 Å². The van der Waals surface area contributed by atoms with Gasteiger partial charge in [-0.3, -0.25) is 4.98 Å². The number of hydrogen-bond acceptors (Lipinski definition) is 5. The number of rotatable bonds is 3. The number of nitrogens with zero attached hydrogens (tertiary/aromatic N) is 4. The molecule has 4 heterocycles. The van der Waals surface area contributed by atoms with Gasteiger partial charge in [0.1, 0.15) is 11.3 Å². The first-order valence-corrected chi connectivity index (χ1v) is 10.9. The Hall–Kier alpha value is -1.83. The standard InChI is InChI=1S/C20H19BrN4OS/c1-12-6-15(4-5-26-12)25-19(8-14-10-27-11-23-14)24-18-9-22-17-3-2-13(21)7-16(17)20(18)25/h2-3,7,9-12,15H,4-6,8H2,1H3. The molecule has 3 aromatic heterocycles. The van der Waals surface area contributed by atoms with E-state index < -0.39 is 0 Å². The highest BCUT2D eigenvalue weighted by Gasteiger charge is 2.26. The van der Waals surface area contributed by atoms with Crippen LogP contribution in [0.1, 0.15) is 37.3 Å². The van der Waals surface area contributed by atoms with Crippen molar-refractivity contribution in [2.24, 2.45) is 0 Å². The maximum absolute atomic E-state index is 5.81. The zero-order chi connectivity index (χ0) is 18.4. The van der Waals surface area contributed by atoms with Crippen molar-refractivity contribution in [3.8, 4) is 0 Å². The number of pyridine rings is 1. The van der Waals surface area contributed by atoms with Crippen LogP contribution in [0.2, 0.25) is 0 Å². The molecule has 27 heavy (non-hydrogen) atoms. The van der Waals surface area contributed by atoms with Crippen LogP contribution in [0, 0.1) is 0 Å². The monoisotopic (exact) mass is 442 g/mol. The second-order valence-electron chi connectivity index (χ2n) is 7.07. The van der Waals surface area contributed by atoms with Crippen LogP contribution in [0.5, 0.6) is 0 Å². The fourth-order valence-corrected chi connectivity index (χ4v) is 4.93. The molecule has 138 valence electrons. The molecule has 2 unspecified atom stereocenters. The summed E-state index contributed by atoms with van der Waals surface area (Å²) in [5, 5.41) is 3.24. The Morgan fingerprint density at radius 1 is 1.30 bits per heavy atom. The third-order valence-corrected chi connectivity index (χ3v) is 6.32. The molecule has 2 atom stereocenters. The van der Waals surface area contributed by atoms with Crippen molar-refractivity contribution in [3.05, 3.63) is 51.3 Å². The second-order valence-corrected chi connectivity index (χ2v) is 8.70. The van der Waals surface area contributed by atoms with E-state index in [2.05, 4.69) is 54.9 Å². The molecule has 1 aliphatic heterocycles. The van der Waals surface area contributed by atoms with Gasteiger partial charge in [0, 0.05) is 34.3 Å². The van der Waals surface area contributed by atoms with Crippen LogP contribution >= 0.6 is 27.3 Å². The van der Waals surface area contributed by atoms with Crippen LogP contribution < -0.4 is 0 Å². The van der Waals surface area contributed by atoms with Crippen molar-refractivity contribution in [3.63, 3.8) is 0 Å². The van der Waals surface area contributed by atoms with Crippen molar-refractivity contribution in [1.29, 1.82) is 0 Å². The molecule has 7 heteroatoms.